The lowest BCUT2D eigenvalue weighted by molar-refractivity contribution is -0.0553. The van der Waals surface area contributed by atoms with Crippen molar-refractivity contribution in [1.82, 2.24) is 9.99 Å². The van der Waals surface area contributed by atoms with E-state index in [-0.39, 0.29) is 5.91 Å². The molecular weight excluding hydrogens is 206 g/mol. The van der Waals surface area contributed by atoms with E-state index in [0.717, 1.165) is 10.7 Å². The van der Waals surface area contributed by atoms with Crippen LogP contribution >= 0.6 is 0 Å². The number of hydrazone groups is 1. The Labute approximate surface area is 93.4 Å². The van der Waals surface area contributed by atoms with Gasteiger partial charge < -0.3 is 5.11 Å². The van der Waals surface area contributed by atoms with Crippen LogP contribution < -0.4 is 0 Å². The van der Waals surface area contributed by atoms with Crippen molar-refractivity contribution in [3.63, 3.8) is 0 Å². The number of hydrogen-bond acceptors (Lipinski definition) is 4. The third kappa shape index (κ3) is 1.81. The second-order valence-electron chi connectivity index (χ2n) is 4.08. The Hall–Kier alpha value is -1.75. The van der Waals surface area contributed by atoms with E-state index in [1.807, 2.05) is 0 Å². The van der Waals surface area contributed by atoms with Crippen LogP contribution in [0, 0.1) is 0 Å². The van der Waals surface area contributed by atoms with Crippen LogP contribution in [-0.4, -0.2) is 32.4 Å². The van der Waals surface area contributed by atoms with Gasteiger partial charge in [0.2, 0.25) is 0 Å². The number of carbonyl (C=O) groups is 1. The summed E-state index contributed by atoms with van der Waals surface area (Å²) in [5.41, 5.74) is -0.0223. The van der Waals surface area contributed by atoms with Crippen LogP contribution in [0.5, 0.6) is 0 Å². The smallest absolute Gasteiger partial charge is 0.276 e. The molecule has 0 fully saturated rings. The lowest BCUT2D eigenvalue weighted by atomic mass is 10.1. The Morgan fingerprint density at radius 3 is 2.62 bits per heavy atom. The van der Waals surface area contributed by atoms with Gasteiger partial charge in [-0.3, -0.25) is 9.78 Å². The number of aromatic nitrogens is 1. The quantitative estimate of drug-likeness (QED) is 0.766. The molecule has 5 heteroatoms. The van der Waals surface area contributed by atoms with Crippen molar-refractivity contribution in [2.75, 3.05) is 0 Å². The van der Waals surface area contributed by atoms with Gasteiger partial charge in [0.05, 0.1) is 0 Å². The van der Waals surface area contributed by atoms with Crippen LogP contribution in [0.2, 0.25) is 0 Å². The molecule has 0 radical (unpaired) electrons. The molecule has 0 aromatic carbocycles. The van der Waals surface area contributed by atoms with Crippen molar-refractivity contribution in [2.45, 2.75) is 26.0 Å². The Bertz CT molecular complexity index is 440. The molecule has 0 saturated heterocycles. The molecule has 1 N–H and O–H groups in total. The largest absolute Gasteiger partial charge is 0.369 e. The zero-order valence-electron chi connectivity index (χ0n) is 9.21. The summed E-state index contributed by atoms with van der Waals surface area (Å²) < 4.78 is 0. The Morgan fingerprint density at radius 2 is 2.12 bits per heavy atom. The highest BCUT2D eigenvalue weighted by Gasteiger charge is 2.39. The molecule has 0 aliphatic carbocycles. The average molecular weight is 219 g/mol. The molecule has 1 aliphatic rings. The highest BCUT2D eigenvalue weighted by Crippen LogP contribution is 2.26. The summed E-state index contributed by atoms with van der Waals surface area (Å²) in [5.74, 6) is -0.316. The SMILES string of the molecule is CC1=NN(C(=O)c2ccncc2)[C@](C)(O)C1. The summed E-state index contributed by atoms with van der Waals surface area (Å²) >= 11 is 0. The molecule has 0 spiro atoms. The first-order valence-electron chi connectivity index (χ1n) is 5.02. The molecule has 1 atom stereocenters. The maximum Gasteiger partial charge on any atom is 0.276 e. The minimum atomic E-state index is -1.23. The topological polar surface area (TPSA) is 65.8 Å². The molecule has 0 bridgehead atoms. The second kappa shape index (κ2) is 3.68. The minimum Gasteiger partial charge on any atom is -0.369 e. The molecule has 1 aromatic rings. The number of pyridine rings is 1. The van der Waals surface area contributed by atoms with Crippen molar-refractivity contribution in [2.24, 2.45) is 5.10 Å². The summed E-state index contributed by atoms with van der Waals surface area (Å²) in [6.07, 6.45) is 3.45. The first kappa shape index (κ1) is 10.8. The van der Waals surface area contributed by atoms with Gasteiger partial charge in [0, 0.05) is 30.1 Å². The van der Waals surface area contributed by atoms with E-state index in [0.29, 0.717) is 12.0 Å². The molecule has 1 amide bonds. The van der Waals surface area contributed by atoms with E-state index in [1.54, 1.807) is 26.0 Å². The van der Waals surface area contributed by atoms with Gasteiger partial charge in [-0.25, -0.2) is 0 Å². The van der Waals surface area contributed by atoms with Crippen LogP contribution in [0.25, 0.3) is 0 Å². The molecule has 2 heterocycles. The first-order valence-corrected chi connectivity index (χ1v) is 5.02. The minimum absolute atomic E-state index is 0.316. The highest BCUT2D eigenvalue weighted by atomic mass is 16.3. The molecule has 1 aliphatic heterocycles. The lowest BCUT2D eigenvalue weighted by Crippen LogP contribution is -2.43. The normalized spacial score (nSPS) is 24.4. The highest BCUT2D eigenvalue weighted by molar-refractivity contribution is 5.97. The van der Waals surface area contributed by atoms with Crippen LogP contribution in [0.15, 0.2) is 29.6 Å². The summed E-state index contributed by atoms with van der Waals surface area (Å²) in [6.45, 7) is 3.36. The van der Waals surface area contributed by atoms with Crippen molar-refractivity contribution < 1.29 is 9.90 Å². The van der Waals surface area contributed by atoms with Crippen molar-refractivity contribution in [3.05, 3.63) is 30.1 Å². The number of rotatable bonds is 1. The fraction of sp³-hybridized carbons (Fsp3) is 0.364. The second-order valence-corrected chi connectivity index (χ2v) is 4.08. The van der Waals surface area contributed by atoms with E-state index >= 15 is 0 Å². The fourth-order valence-corrected chi connectivity index (χ4v) is 1.75. The summed E-state index contributed by atoms with van der Waals surface area (Å²) in [7, 11) is 0. The van der Waals surface area contributed by atoms with Gasteiger partial charge in [0.1, 0.15) is 0 Å². The van der Waals surface area contributed by atoms with Gasteiger partial charge in [0.15, 0.2) is 5.72 Å². The van der Waals surface area contributed by atoms with Crippen LogP contribution in [0.4, 0.5) is 0 Å². The van der Waals surface area contributed by atoms with Gasteiger partial charge in [-0.15, -0.1) is 0 Å². The average Bonchev–Trinajstić information content (AvgIpc) is 2.52. The van der Waals surface area contributed by atoms with Crippen LogP contribution in [0.3, 0.4) is 0 Å². The molecule has 0 unspecified atom stereocenters. The van der Waals surface area contributed by atoms with Gasteiger partial charge in [-0.1, -0.05) is 0 Å². The number of carbonyl (C=O) groups excluding carboxylic acids is 1. The van der Waals surface area contributed by atoms with Gasteiger partial charge in [-0.2, -0.15) is 10.1 Å². The zero-order valence-corrected chi connectivity index (χ0v) is 9.21. The number of nitrogens with zero attached hydrogens (tertiary/aromatic N) is 3. The van der Waals surface area contributed by atoms with Gasteiger partial charge in [-0.05, 0) is 26.0 Å². The Morgan fingerprint density at radius 1 is 1.50 bits per heavy atom. The van der Waals surface area contributed by atoms with Crippen molar-refractivity contribution in [3.8, 4) is 0 Å². The summed E-state index contributed by atoms with van der Waals surface area (Å²) in [5, 5.41) is 15.2. The van der Waals surface area contributed by atoms with Gasteiger partial charge in [0.25, 0.3) is 5.91 Å². The first-order chi connectivity index (χ1) is 7.50. The van der Waals surface area contributed by atoms with Crippen LogP contribution in [0.1, 0.15) is 30.6 Å². The fourth-order valence-electron chi connectivity index (χ4n) is 1.75. The van der Waals surface area contributed by atoms with E-state index in [1.165, 1.54) is 12.4 Å². The maximum atomic E-state index is 12.0. The predicted octanol–water partition coefficient (Wildman–Crippen LogP) is 1.01. The molecular formula is C11H13N3O2. The molecule has 5 nitrogen and oxygen atoms in total. The summed E-state index contributed by atoms with van der Waals surface area (Å²) in [6, 6.07) is 3.20. The molecule has 84 valence electrons. The molecule has 16 heavy (non-hydrogen) atoms. The maximum absolute atomic E-state index is 12.0. The van der Waals surface area contributed by atoms with Crippen LogP contribution in [-0.2, 0) is 0 Å². The number of hydrogen-bond donors (Lipinski definition) is 1. The third-order valence-corrected chi connectivity index (χ3v) is 2.44. The number of aliphatic hydroxyl groups is 1. The monoisotopic (exact) mass is 219 g/mol. The predicted molar refractivity (Wildman–Crippen MR) is 58.8 cm³/mol. The van der Waals surface area contributed by atoms with E-state index < -0.39 is 5.72 Å². The molecule has 2 rings (SSSR count). The summed E-state index contributed by atoms with van der Waals surface area (Å²) in [4.78, 5) is 15.9. The third-order valence-electron chi connectivity index (χ3n) is 2.44. The molecule has 0 saturated carbocycles. The molecule has 1 aromatic heterocycles. The Kier molecular flexibility index (Phi) is 2.47. The lowest BCUT2D eigenvalue weighted by Gasteiger charge is -2.26. The van der Waals surface area contributed by atoms with E-state index in [2.05, 4.69) is 10.1 Å². The number of amides is 1. The van der Waals surface area contributed by atoms with Crippen molar-refractivity contribution in [1.29, 1.82) is 0 Å². The van der Waals surface area contributed by atoms with Crippen molar-refractivity contribution >= 4 is 11.6 Å². The van der Waals surface area contributed by atoms with Gasteiger partial charge >= 0.3 is 0 Å². The standard InChI is InChI=1S/C11H13N3O2/c1-8-7-11(2,16)14(13-8)10(15)9-3-5-12-6-4-9/h3-6,16H,7H2,1-2H3/t11-/m1/s1. The zero-order chi connectivity index (χ0) is 11.8. The van der Waals surface area contributed by atoms with E-state index in [4.69, 9.17) is 0 Å². The Balaban J connectivity index is 2.30. The van der Waals surface area contributed by atoms with E-state index in [9.17, 15) is 9.90 Å².